The fourth-order valence-corrected chi connectivity index (χ4v) is 3.17. The largest absolute Gasteiger partial charge is 0.396 e. The summed E-state index contributed by atoms with van der Waals surface area (Å²) in [5.41, 5.74) is 1.50. The second-order valence-electron chi connectivity index (χ2n) is 4.89. The highest BCUT2D eigenvalue weighted by Gasteiger charge is 2.27. The zero-order valence-corrected chi connectivity index (χ0v) is 11.9. The van der Waals surface area contributed by atoms with E-state index in [-0.39, 0.29) is 12.5 Å². The van der Waals surface area contributed by atoms with Crippen LogP contribution in [-0.4, -0.2) is 42.2 Å². The van der Waals surface area contributed by atoms with Crippen molar-refractivity contribution in [3.8, 4) is 6.07 Å². The molecule has 2 N–H and O–H groups in total. The van der Waals surface area contributed by atoms with Gasteiger partial charge in [0.15, 0.2) is 0 Å². The van der Waals surface area contributed by atoms with E-state index in [1.165, 1.54) is 11.3 Å². The molecule has 102 valence electrons. The van der Waals surface area contributed by atoms with Crippen LogP contribution in [-0.2, 0) is 4.79 Å². The molecule has 0 radical (unpaired) electrons. The number of nitrogens with zero attached hydrogens (tertiary/aromatic N) is 2. The van der Waals surface area contributed by atoms with Gasteiger partial charge in [-0.15, -0.1) is 11.3 Å². The molecule has 1 saturated heterocycles. The molecular weight excluding hydrogens is 262 g/mol. The van der Waals surface area contributed by atoms with Crippen LogP contribution in [0.2, 0.25) is 0 Å². The summed E-state index contributed by atoms with van der Waals surface area (Å²) >= 11 is 1.44. The van der Waals surface area contributed by atoms with Crippen molar-refractivity contribution in [2.75, 3.05) is 31.6 Å². The zero-order chi connectivity index (χ0) is 14.0. The summed E-state index contributed by atoms with van der Waals surface area (Å²) in [7, 11) is 0. The van der Waals surface area contributed by atoms with Gasteiger partial charge in [-0.25, -0.2) is 0 Å². The number of nitrogens with one attached hydrogen (secondary N) is 1. The number of thiophene rings is 1. The van der Waals surface area contributed by atoms with Crippen LogP contribution in [0.5, 0.6) is 0 Å². The minimum atomic E-state index is -0.103. The molecule has 19 heavy (non-hydrogen) atoms. The van der Waals surface area contributed by atoms with Gasteiger partial charge in [0.25, 0.3) is 0 Å². The molecule has 1 aliphatic rings. The molecule has 2 heterocycles. The lowest BCUT2D eigenvalue weighted by Gasteiger charge is -2.37. The van der Waals surface area contributed by atoms with Crippen LogP contribution in [0, 0.1) is 31.1 Å². The maximum atomic E-state index is 11.9. The average molecular weight is 279 g/mol. The van der Waals surface area contributed by atoms with Crippen molar-refractivity contribution in [2.24, 2.45) is 5.92 Å². The summed E-state index contributed by atoms with van der Waals surface area (Å²) in [5, 5.41) is 21.5. The van der Waals surface area contributed by atoms with E-state index in [0.29, 0.717) is 23.0 Å². The highest BCUT2D eigenvalue weighted by molar-refractivity contribution is 7.16. The molecule has 1 amide bonds. The first-order valence-corrected chi connectivity index (χ1v) is 7.00. The Morgan fingerprint density at radius 2 is 2.26 bits per heavy atom. The summed E-state index contributed by atoms with van der Waals surface area (Å²) in [6.07, 6.45) is 0. The first-order chi connectivity index (χ1) is 9.05. The van der Waals surface area contributed by atoms with E-state index in [2.05, 4.69) is 11.4 Å². The van der Waals surface area contributed by atoms with Crippen LogP contribution < -0.4 is 5.32 Å². The summed E-state index contributed by atoms with van der Waals surface area (Å²) in [5.74, 6) is 0.197. The van der Waals surface area contributed by atoms with Gasteiger partial charge in [0.1, 0.15) is 11.1 Å². The first-order valence-electron chi connectivity index (χ1n) is 6.18. The van der Waals surface area contributed by atoms with Crippen LogP contribution >= 0.6 is 11.3 Å². The summed E-state index contributed by atoms with van der Waals surface area (Å²) in [6, 6.07) is 2.14. The second kappa shape index (κ2) is 5.70. The summed E-state index contributed by atoms with van der Waals surface area (Å²) in [4.78, 5) is 14.9. The molecule has 0 aromatic carbocycles. The molecule has 0 aliphatic carbocycles. The molecule has 0 bridgehead atoms. The SMILES string of the molecule is Cc1sc(NC(=O)CN2CC(CO)C2)c(C#N)c1C. The monoisotopic (exact) mass is 279 g/mol. The minimum absolute atomic E-state index is 0.103. The number of aliphatic hydroxyl groups is 1. The van der Waals surface area contributed by atoms with Gasteiger partial charge in [0, 0.05) is 30.5 Å². The van der Waals surface area contributed by atoms with Crippen molar-refractivity contribution in [3.05, 3.63) is 16.0 Å². The number of likely N-dealkylation sites (tertiary alicyclic amines) is 1. The molecular formula is C13H17N3O2S. The predicted octanol–water partition coefficient (Wildman–Crippen LogP) is 1.10. The van der Waals surface area contributed by atoms with E-state index in [9.17, 15) is 4.79 Å². The van der Waals surface area contributed by atoms with Crippen molar-refractivity contribution in [2.45, 2.75) is 13.8 Å². The standard InChI is InChI=1S/C13H17N3O2S/c1-8-9(2)19-13(11(8)3-14)15-12(18)6-16-4-10(5-16)7-17/h10,17H,4-7H2,1-2H3,(H,15,18). The Kier molecular flexibility index (Phi) is 4.20. The lowest BCUT2D eigenvalue weighted by atomic mass is 10.0. The fraction of sp³-hybridized carbons (Fsp3) is 0.538. The smallest absolute Gasteiger partial charge is 0.239 e. The molecule has 0 spiro atoms. The molecule has 0 unspecified atom stereocenters. The quantitative estimate of drug-likeness (QED) is 0.865. The summed E-state index contributed by atoms with van der Waals surface area (Å²) < 4.78 is 0. The van der Waals surface area contributed by atoms with E-state index in [1.807, 2.05) is 18.7 Å². The predicted molar refractivity (Wildman–Crippen MR) is 74.2 cm³/mol. The van der Waals surface area contributed by atoms with Gasteiger partial charge in [-0.2, -0.15) is 5.26 Å². The van der Waals surface area contributed by atoms with E-state index in [1.54, 1.807) is 0 Å². The number of carbonyl (C=O) groups is 1. The van der Waals surface area contributed by atoms with Gasteiger partial charge in [-0.05, 0) is 19.4 Å². The minimum Gasteiger partial charge on any atom is -0.396 e. The Morgan fingerprint density at radius 1 is 1.58 bits per heavy atom. The molecule has 1 aliphatic heterocycles. The third-order valence-corrected chi connectivity index (χ3v) is 4.53. The Balaban J connectivity index is 1.93. The van der Waals surface area contributed by atoms with Crippen LogP contribution in [0.3, 0.4) is 0 Å². The molecule has 1 aromatic rings. The molecule has 1 aromatic heterocycles. The normalized spacial score (nSPS) is 15.9. The third-order valence-electron chi connectivity index (χ3n) is 3.41. The average Bonchev–Trinajstić information content (AvgIpc) is 2.58. The van der Waals surface area contributed by atoms with Crippen LogP contribution in [0.15, 0.2) is 0 Å². The van der Waals surface area contributed by atoms with E-state index in [4.69, 9.17) is 10.4 Å². The number of carbonyl (C=O) groups excluding carboxylic acids is 1. The Labute approximate surface area is 116 Å². The van der Waals surface area contributed by atoms with Gasteiger partial charge in [0.05, 0.1) is 12.1 Å². The molecule has 6 heteroatoms. The van der Waals surface area contributed by atoms with Gasteiger partial charge < -0.3 is 10.4 Å². The highest BCUT2D eigenvalue weighted by atomic mass is 32.1. The molecule has 0 saturated carbocycles. The number of anilines is 1. The molecule has 0 atom stereocenters. The summed E-state index contributed by atoms with van der Waals surface area (Å²) in [6.45, 7) is 5.85. The Morgan fingerprint density at radius 3 is 2.84 bits per heavy atom. The van der Waals surface area contributed by atoms with Crippen molar-refractivity contribution in [3.63, 3.8) is 0 Å². The number of hydrogen-bond acceptors (Lipinski definition) is 5. The first kappa shape index (κ1) is 14.0. The second-order valence-corrected chi connectivity index (χ2v) is 6.11. The van der Waals surface area contributed by atoms with Crippen molar-refractivity contribution in [1.82, 2.24) is 4.90 Å². The van der Waals surface area contributed by atoms with Crippen LogP contribution in [0.25, 0.3) is 0 Å². The Bertz CT molecular complexity index is 527. The number of amides is 1. The number of aryl methyl sites for hydroxylation is 1. The third kappa shape index (κ3) is 2.95. The zero-order valence-electron chi connectivity index (χ0n) is 11.1. The number of aliphatic hydroxyl groups excluding tert-OH is 1. The molecule has 2 rings (SSSR count). The lowest BCUT2D eigenvalue weighted by molar-refractivity contribution is -0.119. The number of nitriles is 1. The maximum absolute atomic E-state index is 11.9. The maximum Gasteiger partial charge on any atom is 0.239 e. The van der Waals surface area contributed by atoms with Crippen LogP contribution in [0.1, 0.15) is 16.0 Å². The topological polar surface area (TPSA) is 76.4 Å². The van der Waals surface area contributed by atoms with E-state index >= 15 is 0 Å². The lowest BCUT2D eigenvalue weighted by Crippen LogP contribution is -2.51. The van der Waals surface area contributed by atoms with E-state index < -0.39 is 0 Å². The van der Waals surface area contributed by atoms with Crippen molar-refractivity contribution in [1.29, 1.82) is 5.26 Å². The Hall–Kier alpha value is -1.42. The fourth-order valence-electron chi connectivity index (χ4n) is 2.14. The van der Waals surface area contributed by atoms with Crippen molar-refractivity contribution >= 4 is 22.2 Å². The van der Waals surface area contributed by atoms with Crippen molar-refractivity contribution < 1.29 is 9.90 Å². The van der Waals surface area contributed by atoms with Gasteiger partial charge in [-0.3, -0.25) is 9.69 Å². The van der Waals surface area contributed by atoms with E-state index in [0.717, 1.165) is 23.5 Å². The number of rotatable bonds is 4. The molecule has 5 nitrogen and oxygen atoms in total. The van der Waals surface area contributed by atoms with Crippen LogP contribution in [0.4, 0.5) is 5.00 Å². The number of hydrogen-bond donors (Lipinski definition) is 2. The van der Waals surface area contributed by atoms with Gasteiger partial charge >= 0.3 is 0 Å². The molecule has 1 fully saturated rings. The van der Waals surface area contributed by atoms with Gasteiger partial charge in [0.2, 0.25) is 5.91 Å². The highest BCUT2D eigenvalue weighted by Crippen LogP contribution is 2.31. The van der Waals surface area contributed by atoms with Gasteiger partial charge in [-0.1, -0.05) is 0 Å².